The number of pyridine rings is 1. The molecule has 118 valence electrons. The topological polar surface area (TPSA) is 49.0 Å². The number of halogens is 1. The van der Waals surface area contributed by atoms with Crippen molar-refractivity contribution in [1.29, 1.82) is 0 Å². The number of aryl methyl sites for hydroxylation is 2. The fraction of sp³-hybridized carbons (Fsp3) is 0.500. The normalized spacial score (nSPS) is 18.6. The molecule has 0 N–H and O–H groups in total. The Morgan fingerprint density at radius 2 is 2.23 bits per heavy atom. The molecule has 0 radical (unpaired) electrons. The second-order valence-corrected chi connectivity index (χ2v) is 6.24. The van der Waals surface area contributed by atoms with E-state index in [9.17, 15) is 4.79 Å². The predicted molar refractivity (Wildman–Crippen MR) is 86.2 cm³/mol. The zero-order chi connectivity index (χ0) is 15.7. The number of hydrogen-bond donors (Lipinski definition) is 0. The third-order valence-corrected chi connectivity index (χ3v) is 4.22. The lowest BCUT2D eigenvalue weighted by Crippen LogP contribution is -2.24. The average Bonchev–Trinajstić information content (AvgIpc) is 2.86. The second-order valence-electron chi connectivity index (χ2n) is 5.86. The van der Waals surface area contributed by atoms with Gasteiger partial charge in [0.2, 0.25) is 0 Å². The van der Waals surface area contributed by atoms with Crippen LogP contribution in [0.25, 0.3) is 11.4 Å². The number of hydrogen-bond acceptors (Lipinski definition) is 3. The van der Waals surface area contributed by atoms with Gasteiger partial charge in [-0.2, -0.15) is 0 Å². The van der Waals surface area contributed by atoms with Crippen molar-refractivity contribution in [3.8, 4) is 11.4 Å². The lowest BCUT2D eigenvalue weighted by Gasteiger charge is -2.23. The minimum atomic E-state index is 0.00330. The van der Waals surface area contributed by atoms with E-state index in [1.165, 1.54) is 6.42 Å². The summed E-state index contributed by atoms with van der Waals surface area (Å²) in [7, 11) is 1.75. The molecule has 3 heterocycles. The summed E-state index contributed by atoms with van der Waals surface area (Å²) in [5.41, 5.74) is 1.59. The second kappa shape index (κ2) is 6.26. The van der Waals surface area contributed by atoms with Crippen molar-refractivity contribution in [3.63, 3.8) is 0 Å². The van der Waals surface area contributed by atoms with Gasteiger partial charge >= 0.3 is 0 Å². The van der Waals surface area contributed by atoms with Crippen LogP contribution in [0.15, 0.2) is 23.3 Å². The van der Waals surface area contributed by atoms with E-state index in [0.717, 1.165) is 37.4 Å². The molecule has 0 aromatic carbocycles. The van der Waals surface area contributed by atoms with E-state index < -0.39 is 0 Å². The molecule has 22 heavy (non-hydrogen) atoms. The molecule has 0 bridgehead atoms. The molecule has 1 aliphatic rings. The van der Waals surface area contributed by atoms with Crippen LogP contribution in [0.4, 0.5) is 0 Å². The van der Waals surface area contributed by atoms with Crippen LogP contribution >= 0.6 is 11.6 Å². The molecule has 1 aliphatic heterocycles. The molecule has 6 heteroatoms. The Balaban J connectivity index is 1.95. The van der Waals surface area contributed by atoms with Gasteiger partial charge in [0, 0.05) is 37.2 Å². The highest BCUT2D eigenvalue weighted by Crippen LogP contribution is 2.23. The van der Waals surface area contributed by atoms with Gasteiger partial charge in [-0.1, -0.05) is 11.6 Å². The first-order valence-electron chi connectivity index (χ1n) is 7.56. The SMILES string of the molecule is Cc1cc(-c2nc(Cl)cn2C[C@@H]2CCCCO2)cn(C)c1=O. The van der Waals surface area contributed by atoms with Gasteiger partial charge in [0.05, 0.1) is 12.6 Å². The van der Waals surface area contributed by atoms with Gasteiger partial charge in [0.25, 0.3) is 5.56 Å². The van der Waals surface area contributed by atoms with Crippen molar-refractivity contribution < 1.29 is 4.74 Å². The molecule has 0 saturated carbocycles. The van der Waals surface area contributed by atoms with Crippen LogP contribution in [0.1, 0.15) is 24.8 Å². The Morgan fingerprint density at radius 1 is 1.41 bits per heavy atom. The highest BCUT2D eigenvalue weighted by Gasteiger charge is 2.18. The minimum absolute atomic E-state index is 0.00330. The summed E-state index contributed by atoms with van der Waals surface area (Å²) in [4.78, 5) is 16.3. The zero-order valence-corrected chi connectivity index (χ0v) is 13.6. The van der Waals surface area contributed by atoms with Crippen LogP contribution in [0.5, 0.6) is 0 Å². The Labute approximate surface area is 134 Å². The highest BCUT2D eigenvalue weighted by atomic mass is 35.5. The van der Waals surface area contributed by atoms with Gasteiger partial charge in [-0.15, -0.1) is 0 Å². The predicted octanol–water partition coefficient (Wildman–Crippen LogP) is 2.78. The van der Waals surface area contributed by atoms with Crippen molar-refractivity contribution >= 4 is 11.6 Å². The fourth-order valence-electron chi connectivity index (χ4n) is 2.92. The summed E-state index contributed by atoms with van der Waals surface area (Å²) in [6.07, 6.45) is 7.21. The lowest BCUT2D eigenvalue weighted by molar-refractivity contribution is 0.00624. The van der Waals surface area contributed by atoms with Crippen LogP contribution < -0.4 is 5.56 Å². The first kappa shape index (κ1) is 15.3. The zero-order valence-electron chi connectivity index (χ0n) is 12.9. The van der Waals surface area contributed by atoms with Crippen LogP contribution in [-0.4, -0.2) is 26.8 Å². The van der Waals surface area contributed by atoms with Crippen LogP contribution in [-0.2, 0) is 18.3 Å². The van der Waals surface area contributed by atoms with E-state index >= 15 is 0 Å². The molecule has 1 saturated heterocycles. The Hall–Kier alpha value is -1.59. The van der Waals surface area contributed by atoms with E-state index in [0.29, 0.717) is 10.7 Å². The highest BCUT2D eigenvalue weighted by molar-refractivity contribution is 6.29. The maximum Gasteiger partial charge on any atom is 0.253 e. The molecular weight excluding hydrogens is 302 g/mol. The number of rotatable bonds is 3. The van der Waals surface area contributed by atoms with Crippen molar-refractivity contribution in [2.45, 2.75) is 38.8 Å². The summed E-state index contributed by atoms with van der Waals surface area (Å²) in [6.45, 7) is 3.36. The largest absolute Gasteiger partial charge is 0.376 e. The summed E-state index contributed by atoms with van der Waals surface area (Å²) in [5, 5.41) is 0.456. The monoisotopic (exact) mass is 321 g/mol. The number of nitrogens with zero attached hydrogens (tertiary/aromatic N) is 3. The molecule has 0 amide bonds. The quantitative estimate of drug-likeness (QED) is 0.873. The number of aromatic nitrogens is 3. The number of imidazole rings is 1. The number of ether oxygens (including phenoxy) is 1. The van der Waals surface area contributed by atoms with Crippen molar-refractivity contribution in [2.24, 2.45) is 7.05 Å². The summed E-state index contributed by atoms with van der Waals surface area (Å²) in [5.74, 6) is 0.776. The average molecular weight is 322 g/mol. The Morgan fingerprint density at radius 3 is 2.91 bits per heavy atom. The standard InChI is InChI=1S/C16H20ClN3O2/c1-11-7-12(8-19(2)16(11)21)15-18-14(17)10-20(15)9-13-5-3-4-6-22-13/h7-8,10,13H,3-6,9H2,1-2H3/t13-/m0/s1. The third kappa shape index (κ3) is 3.10. The van der Waals surface area contributed by atoms with Crippen molar-refractivity contribution in [1.82, 2.24) is 14.1 Å². The maximum atomic E-state index is 11.8. The maximum absolute atomic E-state index is 11.8. The lowest BCUT2D eigenvalue weighted by atomic mass is 10.1. The first-order chi connectivity index (χ1) is 10.5. The van der Waals surface area contributed by atoms with Crippen LogP contribution in [0.2, 0.25) is 5.15 Å². The molecule has 0 spiro atoms. The minimum Gasteiger partial charge on any atom is -0.376 e. The molecule has 0 aliphatic carbocycles. The smallest absolute Gasteiger partial charge is 0.253 e. The molecule has 5 nitrogen and oxygen atoms in total. The molecule has 0 unspecified atom stereocenters. The van der Waals surface area contributed by atoms with E-state index in [2.05, 4.69) is 4.98 Å². The summed E-state index contributed by atoms with van der Waals surface area (Å²) in [6, 6.07) is 1.86. The summed E-state index contributed by atoms with van der Waals surface area (Å²) >= 11 is 6.10. The van der Waals surface area contributed by atoms with Crippen molar-refractivity contribution in [2.75, 3.05) is 6.61 Å². The van der Waals surface area contributed by atoms with Gasteiger partial charge in [-0.3, -0.25) is 4.79 Å². The van der Waals surface area contributed by atoms with Gasteiger partial charge in [-0.05, 0) is 32.3 Å². The first-order valence-corrected chi connectivity index (χ1v) is 7.94. The Bertz CT molecular complexity index is 703. The molecule has 3 rings (SSSR count). The Kier molecular flexibility index (Phi) is 4.36. The van der Waals surface area contributed by atoms with E-state index in [1.54, 1.807) is 17.8 Å². The molecule has 2 aromatic rings. The molecule has 2 aromatic heterocycles. The fourth-order valence-corrected chi connectivity index (χ4v) is 3.12. The van der Waals surface area contributed by atoms with Gasteiger partial charge in [-0.25, -0.2) is 4.98 Å². The van der Waals surface area contributed by atoms with E-state index in [1.807, 2.05) is 23.8 Å². The van der Waals surface area contributed by atoms with E-state index in [-0.39, 0.29) is 11.7 Å². The van der Waals surface area contributed by atoms with Gasteiger partial charge < -0.3 is 13.9 Å². The molecule has 1 atom stereocenters. The molecular formula is C16H20ClN3O2. The third-order valence-electron chi connectivity index (χ3n) is 4.04. The van der Waals surface area contributed by atoms with Crippen molar-refractivity contribution in [3.05, 3.63) is 39.5 Å². The van der Waals surface area contributed by atoms with E-state index in [4.69, 9.17) is 16.3 Å². The molecule has 1 fully saturated rings. The van der Waals surface area contributed by atoms with Gasteiger partial charge in [0.1, 0.15) is 11.0 Å². The van der Waals surface area contributed by atoms with Crippen LogP contribution in [0, 0.1) is 6.92 Å². The van der Waals surface area contributed by atoms with Gasteiger partial charge in [0.15, 0.2) is 0 Å². The summed E-state index contributed by atoms with van der Waals surface area (Å²) < 4.78 is 9.41. The van der Waals surface area contributed by atoms with Crippen LogP contribution in [0.3, 0.4) is 0 Å².